The average Bonchev–Trinajstić information content (AvgIpc) is 2.93. The van der Waals surface area contributed by atoms with Crippen LogP contribution in [0.25, 0.3) is 11.1 Å². The molecular weight excluding hydrogens is 518 g/mol. The van der Waals surface area contributed by atoms with Gasteiger partial charge in [-0.1, -0.05) is 43.5 Å². The first-order valence-electron chi connectivity index (χ1n) is 15.1. The number of carbonyl (C=O) groups excluding carboxylic acids is 1. The van der Waals surface area contributed by atoms with Gasteiger partial charge in [0.05, 0.1) is 37.0 Å². The lowest BCUT2D eigenvalue weighted by molar-refractivity contribution is -0.169. The van der Waals surface area contributed by atoms with Crippen LogP contribution < -0.4 is 5.32 Å². The molecule has 1 aliphatic carbocycles. The molecular formula is C32H45N5O4. The third kappa shape index (κ3) is 6.74. The molecule has 1 aromatic carbocycles. The first kappa shape index (κ1) is 29.5. The van der Waals surface area contributed by atoms with E-state index >= 15 is 0 Å². The zero-order valence-corrected chi connectivity index (χ0v) is 25.0. The van der Waals surface area contributed by atoms with Gasteiger partial charge in [0, 0.05) is 37.8 Å². The van der Waals surface area contributed by atoms with Gasteiger partial charge in [-0.25, -0.2) is 9.78 Å². The van der Waals surface area contributed by atoms with Gasteiger partial charge in [-0.3, -0.25) is 10.3 Å². The van der Waals surface area contributed by atoms with Crippen LogP contribution in [0.15, 0.2) is 30.3 Å². The highest BCUT2D eigenvalue weighted by Gasteiger charge is 2.46. The van der Waals surface area contributed by atoms with Gasteiger partial charge < -0.3 is 24.4 Å². The summed E-state index contributed by atoms with van der Waals surface area (Å²) in [7, 11) is 2.18. The Morgan fingerprint density at radius 2 is 1.90 bits per heavy atom. The maximum absolute atomic E-state index is 12.9. The molecule has 9 heteroatoms. The number of carbonyl (C=O) groups is 1. The first-order valence-corrected chi connectivity index (χ1v) is 15.1. The van der Waals surface area contributed by atoms with E-state index in [0.29, 0.717) is 11.4 Å². The highest BCUT2D eigenvalue weighted by molar-refractivity contribution is 6.05. The molecule has 0 unspecified atom stereocenters. The minimum Gasteiger partial charge on any atom is -0.475 e. The second-order valence-electron chi connectivity index (χ2n) is 12.0. The number of esters is 1. The minimum atomic E-state index is -0.469. The van der Waals surface area contributed by atoms with Gasteiger partial charge in [0.25, 0.3) is 0 Å². The van der Waals surface area contributed by atoms with Crippen molar-refractivity contribution in [3.05, 3.63) is 47.2 Å². The molecule has 0 bridgehead atoms. The van der Waals surface area contributed by atoms with E-state index in [1.807, 2.05) is 13.8 Å². The minimum absolute atomic E-state index is 0.0460. The van der Waals surface area contributed by atoms with Gasteiger partial charge in [0.2, 0.25) is 5.90 Å². The van der Waals surface area contributed by atoms with Crippen molar-refractivity contribution in [3.63, 3.8) is 0 Å². The van der Waals surface area contributed by atoms with Crippen LogP contribution in [0, 0.1) is 5.41 Å². The number of nitrogens with one attached hydrogen (secondary N) is 2. The van der Waals surface area contributed by atoms with E-state index in [-0.39, 0.29) is 35.9 Å². The number of likely N-dealkylation sites (N-methyl/N-ethyl adjacent to an activating group) is 1. The molecule has 3 aliphatic rings. The molecule has 9 nitrogen and oxygen atoms in total. The molecule has 2 saturated heterocycles. The van der Waals surface area contributed by atoms with Crippen LogP contribution in [0.1, 0.15) is 74.5 Å². The summed E-state index contributed by atoms with van der Waals surface area (Å²) in [5.41, 5.74) is 3.77. The third-order valence-electron chi connectivity index (χ3n) is 8.40. The van der Waals surface area contributed by atoms with Crippen molar-refractivity contribution in [2.24, 2.45) is 0 Å². The van der Waals surface area contributed by atoms with E-state index in [2.05, 4.69) is 46.4 Å². The van der Waals surface area contributed by atoms with Gasteiger partial charge in [-0.05, 0) is 57.9 Å². The molecule has 0 atom stereocenters. The number of benzene rings is 1. The first-order chi connectivity index (χ1) is 19.8. The van der Waals surface area contributed by atoms with Gasteiger partial charge in [-0.2, -0.15) is 0 Å². The molecule has 1 spiro atoms. The smallest absolute Gasteiger partial charge is 0.357 e. The van der Waals surface area contributed by atoms with E-state index in [0.717, 1.165) is 76.2 Å². The number of rotatable bonds is 9. The standard InChI is InChI=1S/C32H45N5O4/c1-5-40-31(38)27-17-26(28(29(33)41-22(2)3)30(35-27)34-25-9-7-6-8-10-25)24-13-11-23(12-14-24)18-37-16-15-36(4)19-32(37)20-39-21-32/h11-14,17,22,25,33H,5-10,15-16,18-21H2,1-4H3,(H,34,35). The van der Waals surface area contributed by atoms with Crippen LogP contribution in [0.4, 0.5) is 5.82 Å². The summed E-state index contributed by atoms with van der Waals surface area (Å²) in [6, 6.07) is 10.4. The van der Waals surface area contributed by atoms with Crippen LogP contribution >= 0.6 is 0 Å². The van der Waals surface area contributed by atoms with Crippen molar-refractivity contribution < 1.29 is 19.0 Å². The molecule has 5 rings (SSSR count). The summed E-state index contributed by atoms with van der Waals surface area (Å²) in [6.45, 7) is 11.4. The van der Waals surface area contributed by atoms with E-state index in [1.54, 1.807) is 13.0 Å². The van der Waals surface area contributed by atoms with Crippen molar-refractivity contribution in [2.45, 2.75) is 77.1 Å². The second-order valence-corrected chi connectivity index (χ2v) is 12.0. The van der Waals surface area contributed by atoms with Crippen LogP contribution in [0.2, 0.25) is 0 Å². The maximum Gasteiger partial charge on any atom is 0.357 e. The topological polar surface area (TPSA) is 100 Å². The monoisotopic (exact) mass is 563 g/mol. The van der Waals surface area contributed by atoms with Crippen molar-refractivity contribution in [3.8, 4) is 11.1 Å². The molecule has 222 valence electrons. The molecule has 2 aliphatic heterocycles. The fourth-order valence-electron chi connectivity index (χ4n) is 6.23. The highest BCUT2D eigenvalue weighted by atomic mass is 16.5. The van der Waals surface area contributed by atoms with Gasteiger partial charge in [0.1, 0.15) is 5.82 Å². The molecule has 0 radical (unpaired) electrons. The van der Waals surface area contributed by atoms with Crippen LogP contribution in [-0.2, 0) is 20.8 Å². The molecule has 3 heterocycles. The number of hydrogen-bond donors (Lipinski definition) is 2. The van der Waals surface area contributed by atoms with Gasteiger partial charge >= 0.3 is 5.97 Å². The number of pyridine rings is 1. The summed E-state index contributed by atoms with van der Waals surface area (Å²) in [6.07, 6.45) is 5.43. The number of anilines is 1. The maximum atomic E-state index is 12.9. The molecule has 41 heavy (non-hydrogen) atoms. The summed E-state index contributed by atoms with van der Waals surface area (Å²) in [5, 5.41) is 12.5. The second kappa shape index (κ2) is 12.9. The quantitative estimate of drug-likeness (QED) is 0.252. The fraction of sp³-hybridized carbons (Fsp3) is 0.594. The zero-order valence-electron chi connectivity index (χ0n) is 25.0. The van der Waals surface area contributed by atoms with E-state index in [1.165, 1.54) is 12.0 Å². The van der Waals surface area contributed by atoms with Crippen molar-refractivity contribution in [2.75, 3.05) is 51.8 Å². The third-order valence-corrected chi connectivity index (χ3v) is 8.40. The number of ether oxygens (including phenoxy) is 3. The normalized spacial score (nSPS) is 19.6. The summed E-state index contributed by atoms with van der Waals surface area (Å²) >= 11 is 0. The Hall–Kier alpha value is -3.01. The van der Waals surface area contributed by atoms with Crippen LogP contribution in [-0.4, -0.2) is 90.8 Å². The summed E-state index contributed by atoms with van der Waals surface area (Å²) in [5.74, 6) is 0.0872. The largest absolute Gasteiger partial charge is 0.475 e. The highest BCUT2D eigenvalue weighted by Crippen LogP contribution is 2.34. The Bertz CT molecular complexity index is 1220. The Kier molecular flexibility index (Phi) is 9.26. The predicted molar refractivity (Wildman–Crippen MR) is 161 cm³/mol. The Balaban J connectivity index is 1.49. The Labute approximate surface area is 244 Å². The molecule has 3 fully saturated rings. The lowest BCUT2D eigenvalue weighted by atomic mass is 9.91. The lowest BCUT2D eigenvalue weighted by Gasteiger charge is -2.54. The van der Waals surface area contributed by atoms with Gasteiger partial charge in [-0.15, -0.1) is 0 Å². The number of piperazine rings is 1. The predicted octanol–water partition coefficient (Wildman–Crippen LogP) is 4.94. The van der Waals surface area contributed by atoms with E-state index < -0.39 is 5.97 Å². The lowest BCUT2D eigenvalue weighted by Crippen LogP contribution is -2.70. The molecule has 1 aromatic heterocycles. The van der Waals surface area contributed by atoms with Crippen LogP contribution in [0.3, 0.4) is 0 Å². The molecule has 2 aromatic rings. The van der Waals surface area contributed by atoms with Crippen molar-refractivity contribution in [1.82, 2.24) is 14.8 Å². The summed E-state index contributed by atoms with van der Waals surface area (Å²) < 4.78 is 16.9. The summed E-state index contributed by atoms with van der Waals surface area (Å²) in [4.78, 5) is 22.6. The number of nitrogens with zero attached hydrogens (tertiary/aromatic N) is 3. The SMILES string of the molecule is CCOC(=O)c1cc(-c2ccc(CN3CCN(C)CC34COC4)cc2)c(C(=N)OC(C)C)c(NC2CCCCC2)n1. The van der Waals surface area contributed by atoms with Crippen molar-refractivity contribution >= 4 is 17.7 Å². The molecule has 1 saturated carbocycles. The number of aromatic nitrogens is 1. The Morgan fingerprint density at radius 3 is 2.54 bits per heavy atom. The molecule has 2 N–H and O–H groups in total. The zero-order chi connectivity index (χ0) is 29.0. The van der Waals surface area contributed by atoms with E-state index in [9.17, 15) is 4.79 Å². The Morgan fingerprint density at radius 1 is 1.17 bits per heavy atom. The van der Waals surface area contributed by atoms with Gasteiger partial charge in [0.15, 0.2) is 5.69 Å². The van der Waals surface area contributed by atoms with E-state index in [4.69, 9.17) is 24.6 Å². The number of hydrogen-bond acceptors (Lipinski definition) is 9. The molecule has 0 amide bonds. The average molecular weight is 564 g/mol. The van der Waals surface area contributed by atoms with Crippen LogP contribution in [0.5, 0.6) is 0 Å². The van der Waals surface area contributed by atoms with Crippen molar-refractivity contribution in [1.29, 1.82) is 5.41 Å². The fourth-order valence-corrected chi connectivity index (χ4v) is 6.23.